The summed E-state index contributed by atoms with van der Waals surface area (Å²) in [5.74, 6) is -0.246. The number of hydrogen-bond acceptors (Lipinski definition) is 3. The number of nitro benzene ring substituents is 1. The van der Waals surface area contributed by atoms with Crippen LogP contribution in [0.3, 0.4) is 0 Å². The molecule has 4 rings (SSSR count). The Morgan fingerprint density at radius 2 is 1.73 bits per heavy atom. The van der Waals surface area contributed by atoms with Crippen LogP contribution in [0.15, 0.2) is 85.1 Å². The van der Waals surface area contributed by atoms with Crippen molar-refractivity contribution in [1.29, 1.82) is 0 Å². The fourth-order valence-electron chi connectivity index (χ4n) is 4.23. The quantitative estimate of drug-likeness (QED) is 0.269. The number of aromatic nitrogens is 1. The van der Waals surface area contributed by atoms with Crippen LogP contribution in [0.25, 0.3) is 10.9 Å². The number of nitrogens with one attached hydrogen (secondary N) is 1. The Morgan fingerprint density at radius 3 is 2.39 bits per heavy atom. The molecule has 4 aromatic rings. The van der Waals surface area contributed by atoms with E-state index in [9.17, 15) is 14.9 Å². The zero-order chi connectivity index (χ0) is 23.2. The van der Waals surface area contributed by atoms with Crippen LogP contribution in [-0.4, -0.2) is 21.9 Å². The first kappa shape index (κ1) is 22.3. The van der Waals surface area contributed by atoms with E-state index in [0.717, 1.165) is 34.0 Å². The molecule has 0 unspecified atom stereocenters. The molecule has 0 radical (unpaired) electrons. The zero-order valence-electron chi connectivity index (χ0n) is 18.6. The highest BCUT2D eigenvalue weighted by Gasteiger charge is 2.24. The van der Waals surface area contributed by atoms with Gasteiger partial charge in [-0.05, 0) is 29.2 Å². The average molecular weight is 442 g/mol. The molecule has 1 N–H and O–H groups in total. The average Bonchev–Trinajstić information content (AvgIpc) is 3.19. The minimum atomic E-state index is -0.372. The maximum atomic E-state index is 12.7. The molecule has 0 saturated carbocycles. The van der Waals surface area contributed by atoms with Crippen molar-refractivity contribution in [2.75, 3.05) is 6.54 Å². The van der Waals surface area contributed by atoms with Gasteiger partial charge in [-0.15, -0.1) is 0 Å². The number of nitro groups is 1. The summed E-state index contributed by atoms with van der Waals surface area (Å²) in [7, 11) is 0. The number of non-ortho nitro benzene ring substituents is 1. The summed E-state index contributed by atoms with van der Waals surface area (Å²) >= 11 is 0. The summed E-state index contributed by atoms with van der Waals surface area (Å²) in [5.41, 5.74) is 4.02. The van der Waals surface area contributed by atoms with Gasteiger partial charge in [0.1, 0.15) is 0 Å². The number of rotatable bonds is 9. The molecule has 1 heterocycles. The summed E-state index contributed by atoms with van der Waals surface area (Å²) in [6.07, 6.45) is 3.19. The Hall–Kier alpha value is -3.93. The first-order chi connectivity index (χ1) is 16.1. The molecule has 1 amide bonds. The number of carbonyl (C=O) groups is 1. The molecular weight excluding hydrogens is 414 g/mol. The van der Waals surface area contributed by atoms with Crippen LogP contribution in [0.2, 0.25) is 0 Å². The highest BCUT2D eigenvalue weighted by Crippen LogP contribution is 2.36. The fraction of sp³-hybridized carbons (Fsp3) is 0.222. The number of amides is 1. The molecule has 0 aliphatic rings. The second kappa shape index (κ2) is 10.1. The Morgan fingerprint density at radius 1 is 1.03 bits per heavy atom. The third-order valence-corrected chi connectivity index (χ3v) is 5.84. The predicted molar refractivity (Wildman–Crippen MR) is 130 cm³/mol. The topological polar surface area (TPSA) is 77.2 Å². The van der Waals surface area contributed by atoms with E-state index in [-0.39, 0.29) is 28.9 Å². The van der Waals surface area contributed by atoms with Gasteiger partial charge in [0.05, 0.1) is 4.92 Å². The molecule has 3 aromatic carbocycles. The van der Waals surface area contributed by atoms with E-state index >= 15 is 0 Å². The fourth-order valence-corrected chi connectivity index (χ4v) is 4.23. The maximum absolute atomic E-state index is 12.7. The Bertz CT molecular complexity index is 1250. The van der Waals surface area contributed by atoms with Crippen molar-refractivity contribution in [3.63, 3.8) is 0 Å². The molecule has 0 saturated heterocycles. The van der Waals surface area contributed by atoms with E-state index in [0.29, 0.717) is 13.1 Å². The van der Waals surface area contributed by atoms with Crippen molar-refractivity contribution in [2.24, 2.45) is 0 Å². The van der Waals surface area contributed by atoms with Gasteiger partial charge < -0.3 is 9.88 Å². The third kappa shape index (κ3) is 5.12. The minimum Gasteiger partial charge on any atom is -0.356 e. The lowest BCUT2D eigenvalue weighted by Gasteiger charge is -2.17. The highest BCUT2D eigenvalue weighted by atomic mass is 16.6. The van der Waals surface area contributed by atoms with E-state index in [1.54, 1.807) is 18.2 Å². The maximum Gasteiger partial charge on any atom is 0.270 e. The SMILES string of the molecule is CCCNC(=O)C[C@H](c1ccccc1)c1cn(Cc2ccccc2)c2ccc([N+](=O)[O-])cc12. The molecule has 0 bridgehead atoms. The second-order valence-corrected chi connectivity index (χ2v) is 8.17. The van der Waals surface area contributed by atoms with Gasteiger partial charge >= 0.3 is 0 Å². The van der Waals surface area contributed by atoms with Crippen LogP contribution in [0, 0.1) is 10.1 Å². The monoisotopic (exact) mass is 441 g/mol. The number of hydrogen-bond donors (Lipinski definition) is 1. The van der Waals surface area contributed by atoms with Gasteiger partial charge in [-0.3, -0.25) is 14.9 Å². The first-order valence-corrected chi connectivity index (χ1v) is 11.2. The van der Waals surface area contributed by atoms with Gasteiger partial charge in [-0.2, -0.15) is 0 Å². The lowest BCUT2D eigenvalue weighted by atomic mass is 9.88. The number of benzene rings is 3. The molecule has 1 atom stereocenters. The summed E-state index contributed by atoms with van der Waals surface area (Å²) in [6, 6.07) is 24.9. The summed E-state index contributed by atoms with van der Waals surface area (Å²) < 4.78 is 2.11. The molecular formula is C27H27N3O3. The summed E-state index contributed by atoms with van der Waals surface area (Å²) in [4.78, 5) is 23.9. The van der Waals surface area contributed by atoms with Crippen molar-refractivity contribution in [3.05, 3.63) is 112 Å². The smallest absolute Gasteiger partial charge is 0.270 e. The minimum absolute atomic E-state index is 0.0277. The molecule has 168 valence electrons. The molecule has 0 aliphatic carbocycles. The molecule has 6 nitrogen and oxygen atoms in total. The second-order valence-electron chi connectivity index (χ2n) is 8.17. The van der Waals surface area contributed by atoms with E-state index in [1.165, 1.54) is 0 Å². The van der Waals surface area contributed by atoms with Crippen LogP contribution in [0.1, 0.15) is 42.4 Å². The summed E-state index contributed by atoms with van der Waals surface area (Å²) in [6.45, 7) is 3.28. The van der Waals surface area contributed by atoms with Crippen LogP contribution < -0.4 is 5.32 Å². The van der Waals surface area contributed by atoms with E-state index < -0.39 is 0 Å². The number of carbonyl (C=O) groups excluding carboxylic acids is 1. The first-order valence-electron chi connectivity index (χ1n) is 11.2. The van der Waals surface area contributed by atoms with Gasteiger partial charge in [0.25, 0.3) is 5.69 Å². The van der Waals surface area contributed by atoms with Crippen molar-refractivity contribution in [3.8, 4) is 0 Å². The van der Waals surface area contributed by atoms with Gasteiger partial charge in [0.15, 0.2) is 0 Å². The molecule has 0 spiro atoms. The van der Waals surface area contributed by atoms with Crippen molar-refractivity contribution >= 4 is 22.5 Å². The van der Waals surface area contributed by atoms with Gasteiger partial charge in [0, 0.05) is 54.7 Å². The molecule has 0 aliphatic heterocycles. The van der Waals surface area contributed by atoms with Gasteiger partial charge in [0.2, 0.25) is 5.91 Å². The molecule has 6 heteroatoms. The van der Waals surface area contributed by atoms with Crippen LogP contribution in [0.5, 0.6) is 0 Å². The van der Waals surface area contributed by atoms with Crippen molar-refractivity contribution < 1.29 is 9.72 Å². The van der Waals surface area contributed by atoms with Gasteiger partial charge in [-0.25, -0.2) is 0 Å². The molecule has 0 fully saturated rings. The Balaban J connectivity index is 1.84. The van der Waals surface area contributed by atoms with E-state index in [1.807, 2.05) is 61.7 Å². The largest absolute Gasteiger partial charge is 0.356 e. The van der Waals surface area contributed by atoms with Gasteiger partial charge in [-0.1, -0.05) is 67.6 Å². The highest BCUT2D eigenvalue weighted by molar-refractivity contribution is 5.88. The van der Waals surface area contributed by atoms with Crippen LogP contribution in [-0.2, 0) is 11.3 Å². The van der Waals surface area contributed by atoms with Crippen LogP contribution in [0.4, 0.5) is 5.69 Å². The summed E-state index contributed by atoms with van der Waals surface area (Å²) in [5, 5.41) is 15.3. The predicted octanol–water partition coefficient (Wildman–Crippen LogP) is 5.65. The van der Waals surface area contributed by atoms with E-state index in [2.05, 4.69) is 22.0 Å². The van der Waals surface area contributed by atoms with Crippen molar-refractivity contribution in [2.45, 2.75) is 32.2 Å². The number of nitrogens with zero attached hydrogens (tertiary/aromatic N) is 2. The lowest BCUT2D eigenvalue weighted by molar-refractivity contribution is -0.384. The normalized spacial score (nSPS) is 11.9. The standard InChI is InChI=1S/C27H27N3O3/c1-2-15-28-27(31)17-23(21-11-7-4-8-12-21)25-19-29(18-20-9-5-3-6-10-20)26-14-13-22(30(32)33)16-24(25)26/h3-14,16,19,23H,2,15,17-18H2,1H3,(H,28,31)/t23-/m1/s1. The van der Waals surface area contributed by atoms with Crippen molar-refractivity contribution in [1.82, 2.24) is 9.88 Å². The van der Waals surface area contributed by atoms with E-state index in [4.69, 9.17) is 0 Å². The molecule has 1 aromatic heterocycles. The Labute approximate surface area is 193 Å². The Kier molecular flexibility index (Phi) is 6.83. The number of fused-ring (bicyclic) bond motifs is 1. The van der Waals surface area contributed by atoms with Crippen LogP contribution >= 0.6 is 0 Å². The third-order valence-electron chi connectivity index (χ3n) is 5.84. The zero-order valence-corrected chi connectivity index (χ0v) is 18.6. The lowest BCUT2D eigenvalue weighted by Crippen LogP contribution is -2.26. The molecule has 33 heavy (non-hydrogen) atoms.